The number of imide groups is 1. The van der Waals surface area contributed by atoms with Crippen LogP contribution in [0.1, 0.15) is 24.0 Å². The molecule has 0 bridgehead atoms. The maximum absolute atomic E-state index is 12.7. The fraction of sp³-hybridized carbons (Fsp3) is 0.294. The van der Waals surface area contributed by atoms with Crippen molar-refractivity contribution in [1.82, 2.24) is 4.90 Å². The molecule has 23 heavy (non-hydrogen) atoms. The summed E-state index contributed by atoms with van der Waals surface area (Å²) in [6.45, 7) is 3.08. The molecule has 3 rings (SSSR count). The van der Waals surface area contributed by atoms with Gasteiger partial charge >= 0.3 is 0 Å². The van der Waals surface area contributed by atoms with Gasteiger partial charge in [-0.3, -0.25) is 24.1 Å². The van der Waals surface area contributed by atoms with E-state index in [0.29, 0.717) is 11.0 Å². The molecule has 6 heteroatoms. The average molecular weight is 313 g/mol. The summed E-state index contributed by atoms with van der Waals surface area (Å²) >= 11 is 0. The molecule has 1 aromatic heterocycles. The molecule has 1 aliphatic heterocycles. The van der Waals surface area contributed by atoms with E-state index in [2.05, 4.69) is 0 Å². The van der Waals surface area contributed by atoms with Gasteiger partial charge in [0.1, 0.15) is 17.3 Å². The number of benzene rings is 1. The SMILES string of the molecule is CC(=O)[C@H]1C(=O)N(C)C(=O)[C@@H]1c1coc2ccc(C)cc2c1=O. The van der Waals surface area contributed by atoms with Gasteiger partial charge in [0, 0.05) is 12.6 Å². The molecular formula is C17H15NO5. The zero-order valence-electron chi connectivity index (χ0n) is 13.0. The third-order valence-corrected chi connectivity index (χ3v) is 4.25. The smallest absolute Gasteiger partial charge is 0.240 e. The molecule has 2 atom stereocenters. The Bertz CT molecular complexity index is 911. The number of Topliss-reactive ketones (excluding diaryl/α,β-unsaturated/α-hetero) is 1. The van der Waals surface area contributed by atoms with Crippen LogP contribution in [0, 0.1) is 12.8 Å². The number of likely N-dealkylation sites (tertiary alicyclic amines) is 1. The van der Waals surface area contributed by atoms with Crippen LogP contribution in [0.5, 0.6) is 0 Å². The second-order valence-corrected chi connectivity index (χ2v) is 5.82. The van der Waals surface area contributed by atoms with E-state index in [4.69, 9.17) is 4.42 Å². The maximum atomic E-state index is 12.7. The first kappa shape index (κ1) is 15.1. The summed E-state index contributed by atoms with van der Waals surface area (Å²) in [4.78, 5) is 49.9. The quantitative estimate of drug-likeness (QED) is 0.618. The number of amides is 2. The highest BCUT2D eigenvalue weighted by Crippen LogP contribution is 2.34. The minimum absolute atomic E-state index is 0.0472. The van der Waals surface area contributed by atoms with E-state index in [9.17, 15) is 19.2 Å². The Kier molecular flexibility index (Phi) is 3.39. The number of nitrogens with zero attached hydrogens (tertiary/aromatic N) is 1. The molecule has 118 valence electrons. The summed E-state index contributed by atoms with van der Waals surface area (Å²) in [5.74, 6) is -3.88. The Balaban J connectivity index is 2.25. The van der Waals surface area contributed by atoms with Crippen molar-refractivity contribution in [3.8, 4) is 0 Å². The van der Waals surface area contributed by atoms with Gasteiger partial charge in [-0.05, 0) is 26.0 Å². The number of aryl methyl sites for hydroxylation is 1. The molecule has 0 aliphatic carbocycles. The topological polar surface area (TPSA) is 84.7 Å². The molecule has 0 radical (unpaired) electrons. The molecule has 0 spiro atoms. The highest BCUT2D eigenvalue weighted by atomic mass is 16.3. The van der Waals surface area contributed by atoms with Gasteiger partial charge in [-0.25, -0.2) is 0 Å². The summed E-state index contributed by atoms with van der Waals surface area (Å²) in [6.07, 6.45) is 1.19. The lowest BCUT2D eigenvalue weighted by molar-refractivity contribution is -0.138. The van der Waals surface area contributed by atoms with Gasteiger partial charge in [0.2, 0.25) is 11.8 Å². The van der Waals surface area contributed by atoms with Gasteiger partial charge in [0.15, 0.2) is 5.43 Å². The van der Waals surface area contributed by atoms with E-state index in [0.717, 1.165) is 10.5 Å². The van der Waals surface area contributed by atoms with E-state index in [1.807, 2.05) is 6.92 Å². The van der Waals surface area contributed by atoms with Gasteiger partial charge < -0.3 is 4.42 Å². The molecule has 1 saturated heterocycles. The predicted octanol–water partition coefficient (Wildman–Crippen LogP) is 1.39. The highest BCUT2D eigenvalue weighted by Gasteiger charge is 2.50. The average Bonchev–Trinajstić information content (AvgIpc) is 2.73. The third-order valence-electron chi connectivity index (χ3n) is 4.25. The Labute approximate surface area is 131 Å². The van der Waals surface area contributed by atoms with E-state index in [1.165, 1.54) is 20.2 Å². The summed E-state index contributed by atoms with van der Waals surface area (Å²) in [5, 5.41) is 0.333. The molecule has 2 amide bonds. The number of rotatable bonds is 2. The van der Waals surface area contributed by atoms with Crippen molar-refractivity contribution < 1.29 is 18.8 Å². The summed E-state index contributed by atoms with van der Waals surface area (Å²) in [7, 11) is 1.31. The van der Waals surface area contributed by atoms with Gasteiger partial charge in [0.05, 0.1) is 17.6 Å². The fourth-order valence-electron chi connectivity index (χ4n) is 3.01. The summed E-state index contributed by atoms with van der Waals surface area (Å²) < 4.78 is 5.44. The monoisotopic (exact) mass is 313 g/mol. The zero-order chi connectivity index (χ0) is 16.9. The second kappa shape index (κ2) is 5.15. The van der Waals surface area contributed by atoms with Crippen LogP contribution in [-0.4, -0.2) is 29.5 Å². The van der Waals surface area contributed by atoms with Crippen molar-refractivity contribution in [2.45, 2.75) is 19.8 Å². The molecule has 1 aromatic carbocycles. The number of carbonyl (C=O) groups is 3. The van der Waals surface area contributed by atoms with Crippen LogP contribution in [0.15, 0.2) is 33.7 Å². The van der Waals surface area contributed by atoms with Crippen molar-refractivity contribution in [2.24, 2.45) is 5.92 Å². The normalized spacial score (nSPS) is 21.3. The molecule has 2 heterocycles. The van der Waals surface area contributed by atoms with E-state index >= 15 is 0 Å². The van der Waals surface area contributed by atoms with E-state index in [1.54, 1.807) is 18.2 Å². The second-order valence-electron chi connectivity index (χ2n) is 5.82. The van der Waals surface area contributed by atoms with Gasteiger partial charge in [-0.15, -0.1) is 0 Å². The van der Waals surface area contributed by atoms with Crippen molar-refractivity contribution >= 4 is 28.6 Å². The van der Waals surface area contributed by atoms with Crippen LogP contribution in [0.4, 0.5) is 0 Å². The van der Waals surface area contributed by atoms with Crippen molar-refractivity contribution in [1.29, 1.82) is 0 Å². The number of hydrogen-bond donors (Lipinski definition) is 0. The van der Waals surface area contributed by atoms with Gasteiger partial charge in [-0.1, -0.05) is 11.6 Å². The third kappa shape index (κ3) is 2.18. The molecule has 0 unspecified atom stereocenters. The first-order valence-electron chi connectivity index (χ1n) is 7.17. The zero-order valence-corrected chi connectivity index (χ0v) is 13.0. The van der Waals surface area contributed by atoms with Crippen molar-refractivity contribution in [3.63, 3.8) is 0 Å². The molecule has 6 nitrogen and oxygen atoms in total. The molecular weight excluding hydrogens is 298 g/mol. The standard InChI is InChI=1S/C17H15NO5/c1-8-4-5-12-10(6-8)15(20)11(7-23-12)14-13(9(2)19)16(21)18(3)17(14)22/h4-7,13-14H,1-3H3/t13-,14-/m1/s1. The highest BCUT2D eigenvalue weighted by molar-refractivity contribution is 6.16. The summed E-state index contributed by atoms with van der Waals surface area (Å²) in [5.41, 5.74) is 0.929. The largest absolute Gasteiger partial charge is 0.464 e. The lowest BCUT2D eigenvalue weighted by Gasteiger charge is -2.12. The minimum atomic E-state index is -1.17. The summed E-state index contributed by atoms with van der Waals surface area (Å²) in [6, 6.07) is 5.14. The number of likely N-dealkylation sites (N-methyl/N-ethyl adjacent to an activating group) is 1. The van der Waals surface area contributed by atoms with Crippen molar-refractivity contribution in [2.75, 3.05) is 7.05 Å². The lowest BCUT2D eigenvalue weighted by atomic mass is 9.86. The van der Waals surface area contributed by atoms with Crippen LogP contribution in [0.3, 0.4) is 0 Å². The number of fused-ring (bicyclic) bond motifs is 1. The van der Waals surface area contributed by atoms with Crippen LogP contribution in [0.25, 0.3) is 11.0 Å². The van der Waals surface area contributed by atoms with Gasteiger partial charge in [-0.2, -0.15) is 0 Å². The molecule has 0 N–H and O–H groups in total. The minimum Gasteiger partial charge on any atom is -0.464 e. The Morgan fingerprint density at radius 2 is 1.87 bits per heavy atom. The van der Waals surface area contributed by atoms with Crippen LogP contribution in [0.2, 0.25) is 0 Å². The first-order chi connectivity index (χ1) is 10.8. The van der Waals surface area contributed by atoms with Crippen LogP contribution < -0.4 is 5.43 Å². The Hall–Kier alpha value is -2.76. The molecule has 2 aromatic rings. The molecule has 1 aliphatic rings. The Morgan fingerprint density at radius 1 is 1.17 bits per heavy atom. The first-order valence-corrected chi connectivity index (χ1v) is 7.17. The van der Waals surface area contributed by atoms with E-state index < -0.39 is 29.4 Å². The van der Waals surface area contributed by atoms with Crippen LogP contribution >= 0.6 is 0 Å². The molecule has 1 fully saturated rings. The lowest BCUT2D eigenvalue weighted by Crippen LogP contribution is -2.28. The fourth-order valence-corrected chi connectivity index (χ4v) is 3.01. The predicted molar refractivity (Wildman–Crippen MR) is 81.9 cm³/mol. The number of carbonyl (C=O) groups excluding carboxylic acids is 3. The Morgan fingerprint density at radius 3 is 2.52 bits per heavy atom. The van der Waals surface area contributed by atoms with Crippen molar-refractivity contribution in [3.05, 3.63) is 45.8 Å². The maximum Gasteiger partial charge on any atom is 0.240 e. The number of ketones is 1. The number of hydrogen-bond acceptors (Lipinski definition) is 5. The van der Waals surface area contributed by atoms with Gasteiger partial charge in [0.25, 0.3) is 0 Å². The van der Waals surface area contributed by atoms with E-state index in [-0.39, 0.29) is 11.0 Å². The molecule has 0 saturated carbocycles. The van der Waals surface area contributed by atoms with Crippen LogP contribution in [-0.2, 0) is 14.4 Å².